The highest BCUT2D eigenvalue weighted by molar-refractivity contribution is 5.78. The van der Waals surface area contributed by atoms with E-state index in [2.05, 4.69) is 0 Å². The second-order valence-electron chi connectivity index (χ2n) is 5.23. The Morgan fingerprint density at radius 1 is 1.40 bits per heavy atom. The van der Waals surface area contributed by atoms with Crippen molar-refractivity contribution in [1.82, 2.24) is 9.80 Å². The van der Waals surface area contributed by atoms with Gasteiger partial charge in [0.1, 0.15) is 0 Å². The van der Waals surface area contributed by atoms with Gasteiger partial charge in [-0.05, 0) is 26.0 Å². The van der Waals surface area contributed by atoms with E-state index in [0.29, 0.717) is 18.8 Å². The van der Waals surface area contributed by atoms with Crippen molar-refractivity contribution in [1.29, 1.82) is 0 Å². The van der Waals surface area contributed by atoms with E-state index in [0.717, 1.165) is 31.5 Å². The predicted octanol–water partition coefficient (Wildman–Crippen LogP) is 1.46. The highest BCUT2D eigenvalue weighted by Gasteiger charge is 2.19. The van der Waals surface area contributed by atoms with Crippen molar-refractivity contribution in [3.8, 4) is 11.5 Å². The first kappa shape index (κ1) is 14.7. The number of phenols is 1. The van der Waals surface area contributed by atoms with Gasteiger partial charge >= 0.3 is 0 Å². The number of aromatic hydroxyl groups is 1. The average Bonchev–Trinajstić information content (AvgIpc) is 2.95. The zero-order valence-corrected chi connectivity index (χ0v) is 12.1. The van der Waals surface area contributed by atoms with Crippen molar-refractivity contribution in [2.75, 3.05) is 33.8 Å². The lowest BCUT2D eigenvalue weighted by molar-refractivity contribution is -0.131. The lowest BCUT2D eigenvalue weighted by Gasteiger charge is -2.21. The molecule has 0 bridgehead atoms. The first-order valence-electron chi connectivity index (χ1n) is 6.93. The van der Waals surface area contributed by atoms with Crippen LogP contribution in [0.3, 0.4) is 0 Å². The summed E-state index contributed by atoms with van der Waals surface area (Å²) in [6, 6.07) is 5.40. The molecule has 0 atom stereocenters. The maximum Gasteiger partial charge on any atom is 0.236 e. The van der Waals surface area contributed by atoms with Crippen LogP contribution in [0.15, 0.2) is 18.2 Å². The molecule has 110 valence electrons. The van der Waals surface area contributed by atoms with Crippen LogP contribution in [-0.4, -0.2) is 54.6 Å². The summed E-state index contributed by atoms with van der Waals surface area (Å²) in [5, 5.41) is 10.0. The van der Waals surface area contributed by atoms with Gasteiger partial charge in [0, 0.05) is 25.2 Å². The maximum absolute atomic E-state index is 12.1. The number of carbonyl (C=O) groups excluding carboxylic acids is 1. The van der Waals surface area contributed by atoms with Gasteiger partial charge in [-0.2, -0.15) is 0 Å². The van der Waals surface area contributed by atoms with Crippen LogP contribution in [0.2, 0.25) is 0 Å². The van der Waals surface area contributed by atoms with Gasteiger partial charge in [0.05, 0.1) is 13.7 Å². The van der Waals surface area contributed by atoms with Crippen molar-refractivity contribution in [3.63, 3.8) is 0 Å². The number of likely N-dealkylation sites (N-methyl/N-ethyl adjacent to an activating group) is 1. The number of methoxy groups -OCH3 is 1. The Morgan fingerprint density at radius 3 is 2.75 bits per heavy atom. The van der Waals surface area contributed by atoms with E-state index in [9.17, 15) is 9.90 Å². The second kappa shape index (κ2) is 6.61. The molecular formula is C15H22N2O3. The van der Waals surface area contributed by atoms with Crippen molar-refractivity contribution in [2.24, 2.45) is 0 Å². The van der Waals surface area contributed by atoms with Crippen LogP contribution >= 0.6 is 0 Å². The molecule has 1 saturated heterocycles. The number of phenolic OH excluding ortho intramolecular Hbond substituents is 1. The summed E-state index contributed by atoms with van der Waals surface area (Å²) in [4.78, 5) is 15.9. The van der Waals surface area contributed by atoms with E-state index in [1.807, 2.05) is 29.0 Å². The number of ether oxygens (including phenoxy) is 1. The Bertz CT molecular complexity index is 470. The van der Waals surface area contributed by atoms with Crippen molar-refractivity contribution < 1.29 is 14.6 Å². The SMILES string of the molecule is COc1cccc(CN(C)CC(=O)N2CCCC2)c1O. The number of rotatable bonds is 5. The highest BCUT2D eigenvalue weighted by atomic mass is 16.5. The number of amides is 1. The average molecular weight is 278 g/mol. The van der Waals surface area contributed by atoms with Gasteiger partial charge in [-0.3, -0.25) is 9.69 Å². The van der Waals surface area contributed by atoms with Gasteiger partial charge < -0.3 is 14.7 Å². The maximum atomic E-state index is 12.1. The molecule has 0 aliphatic carbocycles. The van der Waals surface area contributed by atoms with E-state index >= 15 is 0 Å². The minimum absolute atomic E-state index is 0.149. The zero-order chi connectivity index (χ0) is 14.5. The molecule has 2 rings (SSSR count). The minimum Gasteiger partial charge on any atom is -0.504 e. The standard InChI is InChI=1S/C15H22N2O3/c1-16(11-14(18)17-8-3-4-9-17)10-12-6-5-7-13(20-2)15(12)19/h5-7,19H,3-4,8-11H2,1-2H3. The molecule has 5 heteroatoms. The van der Waals surface area contributed by atoms with Crippen LogP contribution in [0.5, 0.6) is 11.5 Å². The summed E-state index contributed by atoms with van der Waals surface area (Å²) < 4.78 is 5.09. The summed E-state index contributed by atoms with van der Waals surface area (Å²) in [6.07, 6.45) is 2.21. The van der Waals surface area contributed by atoms with E-state index in [-0.39, 0.29) is 11.7 Å². The van der Waals surface area contributed by atoms with Crippen LogP contribution in [0.1, 0.15) is 18.4 Å². The molecule has 1 heterocycles. The van der Waals surface area contributed by atoms with Crippen LogP contribution < -0.4 is 4.74 Å². The zero-order valence-electron chi connectivity index (χ0n) is 12.1. The topological polar surface area (TPSA) is 53.0 Å². The number of hydrogen-bond acceptors (Lipinski definition) is 4. The molecule has 0 unspecified atom stereocenters. The molecule has 1 amide bonds. The van der Waals surface area contributed by atoms with Crippen LogP contribution in [0.25, 0.3) is 0 Å². The van der Waals surface area contributed by atoms with Crippen molar-refractivity contribution in [2.45, 2.75) is 19.4 Å². The highest BCUT2D eigenvalue weighted by Crippen LogP contribution is 2.29. The lowest BCUT2D eigenvalue weighted by Crippen LogP contribution is -2.36. The Morgan fingerprint density at radius 2 is 2.10 bits per heavy atom. The number of nitrogens with zero attached hydrogens (tertiary/aromatic N) is 2. The van der Waals surface area contributed by atoms with E-state index in [1.165, 1.54) is 7.11 Å². The molecule has 0 radical (unpaired) electrons. The Hall–Kier alpha value is -1.75. The van der Waals surface area contributed by atoms with Gasteiger partial charge in [-0.1, -0.05) is 12.1 Å². The van der Waals surface area contributed by atoms with Crippen LogP contribution in [-0.2, 0) is 11.3 Å². The fourth-order valence-corrected chi connectivity index (χ4v) is 2.50. The number of carbonyl (C=O) groups is 1. The Labute approximate surface area is 119 Å². The van der Waals surface area contributed by atoms with E-state index in [1.54, 1.807) is 6.07 Å². The molecule has 0 saturated carbocycles. The number of benzene rings is 1. The summed E-state index contributed by atoms with van der Waals surface area (Å²) in [5.41, 5.74) is 0.765. The number of hydrogen-bond donors (Lipinski definition) is 1. The Balaban J connectivity index is 1.94. The second-order valence-corrected chi connectivity index (χ2v) is 5.23. The van der Waals surface area contributed by atoms with Gasteiger partial charge in [-0.25, -0.2) is 0 Å². The molecule has 1 aliphatic heterocycles. The molecule has 0 spiro atoms. The van der Waals surface area contributed by atoms with Gasteiger partial charge in [0.15, 0.2) is 11.5 Å². The lowest BCUT2D eigenvalue weighted by atomic mass is 10.1. The largest absolute Gasteiger partial charge is 0.504 e. The molecule has 1 aromatic rings. The van der Waals surface area contributed by atoms with E-state index < -0.39 is 0 Å². The third-order valence-corrected chi connectivity index (χ3v) is 3.61. The smallest absolute Gasteiger partial charge is 0.236 e. The summed E-state index contributed by atoms with van der Waals surface area (Å²) in [5.74, 6) is 0.768. The fraction of sp³-hybridized carbons (Fsp3) is 0.533. The third-order valence-electron chi connectivity index (χ3n) is 3.61. The first-order valence-corrected chi connectivity index (χ1v) is 6.93. The number of likely N-dealkylation sites (tertiary alicyclic amines) is 1. The van der Waals surface area contributed by atoms with E-state index in [4.69, 9.17) is 4.74 Å². The van der Waals surface area contributed by atoms with Crippen LogP contribution in [0, 0.1) is 0 Å². The number of para-hydroxylation sites is 1. The molecule has 1 N–H and O–H groups in total. The monoisotopic (exact) mass is 278 g/mol. The van der Waals surface area contributed by atoms with Gasteiger partial charge in [0.2, 0.25) is 5.91 Å². The Kier molecular flexibility index (Phi) is 4.84. The molecular weight excluding hydrogens is 256 g/mol. The summed E-state index contributed by atoms with van der Waals surface area (Å²) in [6.45, 7) is 2.63. The molecule has 20 heavy (non-hydrogen) atoms. The molecule has 1 fully saturated rings. The van der Waals surface area contributed by atoms with Crippen molar-refractivity contribution >= 4 is 5.91 Å². The normalized spacial score (nSPS) is 14.8. The molecule has 0 aromatic heterocycles. The summed E-state index contributed by atoms with van der Waals surface area (Å²) >= 11 is 0. The molecule has 1 aliphatic rings. The predicted molar refractivity (Wildman–Crippen MR) is 76.8 cm³/mol. The molecule has 5 nitrogen and oxygen atoms in total. The van der Waals surface area contributed by atoms with Crippen LogP contribution in [0.4, 0.5) is 0 Å². The quantitative estimate of drug-likeness (QED) is 0.886. The third kappa shape index (κ3) is 3.42. The minimum atomic E-state index is 0.149. The van der Waals surface area contributed by atoms with Gasteiger partial charge in [0.25, 0.3) is 0 Å². The summed E-state index contributed by atoms with van der Waals surface area (Å²) in [7, 11) is 3.41. The van der Waals surface area contributed by atoms with Crippen molar-refractivity contribution in [3.05, 3.63) is 23.8 Å². The fourth-order valence-electron chi connectivity index (χ4n) is 2.50. The molecule has 1 aromatic carbocycles. The first-order chi connectivity index (χ1) is 9.61. The van der Waals surface area contributed by atoms with Gasteiger partial charge in [-0.15, -0.1) is 0 Å².